The number of hydrogen-bond donors (Lipinski definition) is 1. The summed E-state index contributed by atoms with van der Waals surface area (Å²) in [7, 11) is 0. The summed E-state index contributed by atoms with van der Waals surface area (Å²) in [5.74, 6) is -0.133. The normalized spacial score (nSPS) is 14.5. The zero-order valence-electron chi connectivity index (χ0n) is 14.6. The molecule has 1 aliphatic rings. The van der Waals surface area contributed by atoms with Crippen molar-refractivity contribution in [1.29, 1.82) is 0 Å². The van der Waals surface area contributed by atoms with E-state index in [9.17, 15) is 9.59 Å². The Hall–Kier alpha value is -2.37. The molecule has 0 unspecified atom stereocenters. The molecule has 2 amide bonds. The number of rotatable bonds is 7. The zero-order chi connectivity index (χ0) is 18.5. The first-order valence-electron chi connectivity index (χ1n) is 8.57. The van der Waals surface area contributed by atoms with Crippen LogP contribution in [0.25, 0.3) is 5.57 Å². The Kier molecular flexibility index (Phi) is 5.91. The summed E-state index contributed by atoms with van der Waals surface area (Å²) >= 11 is 1.25. The lowest BCUT2D eigenvalue weighted by Gasteiger charge is -2.15. The van der Waals surface area contributed by atoms with Crippen LogP contribution in [-0.4, -0.2) is 40.7 Å². The molecule has 0 spiro atoms. The maximum Gasteiger partial charge on any atom is 0.267 e. The SMILES string of the molecule is Cc1ccc(C2=C(SCCO)C(=O)N(CCc3ccccc3)C2=O)cc1. The van der Waals surface area contributed by atoms with Crippen molar-refractivity contribution in [3.05, 3.63) is 76.2 Å². The van der Waals surface area contributed by atoms with E-state index >= 15 is 0 Å². The molecule has 0 fully saturated rings. The van der Waals surface area contributed by atoms with Crippen LogP contribution in [0.5, 0.6) is 0 Å². The minimum Gasteiger partial charge on any atom is -0.396 e. The molecule has 1 aliphatic heterocycles. The van der Waals surface area contributed by atoms with Gasteiger partial charge in [-0.25, -0.2) is 0 Å². The van der Waals surface area contributed by atoms with Crippen molar-refractivity contribution in [3.63, 3.8) is 0 Å². The van der Waals surface area contributed by atoms with Gasteiger partial charge in [0.25, 0.3) is 11.8 Å². The van der Waals surface area contributed by atoms with E-state index in [0.29, 0.717) is 29.2 Å². The van der Waals surface area contributed by atoms with Crippen molar-refractivity contribution in [2.75, 3.05) is 18.9 Å². The van der Waals surface area contributed by atoms with E-state index in [1.165, 1.54) is 16.7 Å². The van der Waals surface area contributed by atoms with Crippen LogP contribution in [0.1, 0.15) is 16.7 Å². The fourth-order valence-corrected chi connectivity index (χ4v) is 3.78. The van der Waals surface area contributed by atoms with E-state index in [-0.39, 0.29) is 18.4 Å². The van der Waals surface area contributed by atoms with Gasteiger partial charge in [-0.1, -0.05) is 60.2 Å². The molecule has 0 bridgehead atoms. The lowest BCUT2D eigenvalue weighted by atomic mass is 10.0. The van der Waals surface area contributed by atoms with Crippen LogP contribution in [0.3, 0.4) is 0 Å². The third kappa shape index (κ3) is 3.89. The van der Waals surface area contributed by atoms with Gasteiger partial charge in [0.2, 0.25) is 0 Å². The van der Waals surface area contributed by atoms with Crippen molar-refractivity contribution in [1.82, 2.24) is 4.90 Å². The summed E-state index contributed by atoms with van der Waals surface area (Å²) in [6.07, 6.45) is 0.622. The number of aryl methyl sites for hydroxylation is 1. The molecule has 1 N–H and O–H groups in total. The molecule has 1 heterocycles. The van der Waals surface area contributed by atoms with Crippen molar-refractivity contribution >= 4 is 29.1 Å². The minimum absolute atomic E-state index is 0.0408. The number of aliphatic hydroxyl groups excluding tert-OH is 1. The van der Waals surface area contributed by atoms with Crippen molar-refractivity contribution in [2.45, 2.75) is 13.3 Å². The van der Waals surface area contributed by atoms with Gasteiger partial charge in [0, 0.05) is 12.3 Å². The highest BCUT2D eigenvalue weighted by atomic mass is 32.2. The number of imide groups is 1. The van der Waals surface area contributed by atoms with Gasteiger partial charge in [-0.3, -0.25) is 14.5 Å². The first-order chi connectivity index (χ1) is 12.6. The number of amides is 2. The Balaban J connectivity index is 1.86. The van der Waals surface area contributed by atoms with Crippen molar-refractivity contribution in [2.24, 2.45) is 0 Å². The van der Waals surface area contributed by atoms with Crippen molar-refractivity contribution < 1.29 is 14.7 Å². The van der Waals surface area contributed by atoms with E-state index < -0.39 is 0 Å². The van der Waals surface area contributed by atoms with Crippen LogP contribution in [0.2, 0.25) is 0 Å². The summed E-state index contributed by atoms with van der Waals surface area (Å²) in [4.78, 5) is 27.6. The van der Waals surface area contributed by atoms with Crippen LogP contribution in [-0.2, 0) is 16.0 Å². The fraction of sp³-hybridized carbons (Fsp3) is 0.238. The Morgan fingerprint density at radius 3 is 2.31 bits per heavy atom. The van der Waals surface area contributed by atoms with Gasteiger partial charge in [0.05, 0.1) is 17.1 Å². The molecule has 0 saturated heterocycles. The molecule has 0 atom stereocenters. The average molecular weight is 367 g/mol. The number of nitrogens with zero attached hydrogens (tertiary/aromatic N) is 1. The van der Waals surface area contributed by atoms with Gasteiger partial charge in [-0.05, 0) is 24.5 Å². The molecule has 4 nitrogen and oxygen atoms in total. The van der Waals surface area contributed by atoms with E-state index in [1.807, 2.05) is 61.5 Å². The highest BCUT2D eigenvalue weighted by molar-refractivity contribution is 8.04. The number of benzene rings is 2. The Labute approximate surface area is 157 Å². The van der Waals surface area contributed by atoms with Gasteiger partial charge in [0.1, 0.15) is 0 Å². The summed E-state index contributed by atoms with van der Waals surface area (Å²) < 4.78 is 0. The van der Waals surface area contributed by atoms with Crippen LogP contribution < -0.4 is 0 Å². The van der Waals surface area contributed by atoms with Crippen LogP contribution in [0.15, 0.2) is 59.5 Å². The second kappa shape index (κ2) is 8.34. The largest absolute Gasteiger partial charge is 0.396 e. The molecule has 3 rings (SSSR count). The average Bonchev–Trinajstić information content (AvgIpc) is 2.89. The molecule has 134 valence electrons. The van der Waals surface area contributed by atoms with E-state index in [0.717, 1.165) is 16.7 Å². The third-order valence-corrected chi connectivity index (χ3v) is 5.32. The van der Waals surface area contributed by atoms with E-state index in [4.69, 9.17) is 5.11 Å². The van der Waals surface area contributed by atoms with Gasteiger partial charge in [-0.15, -0.1) is 11.8 Å². The maximum atomic E-state index is 13.0. The predicted octanol–water partition coefficient (Wildman–Crippen LogP) is 3.04. The molecule has 26 heavy (non-hydrogen) atoms. The maximum absolute atomic E-state index is 13.0. The second-order valence-corrected chi connectivity index (χ2v) is 7.24. The number of aliphatic hydroxyl groups is 1. The molecule has 0 aromatic heterocycles. The Morgan fingerprint density at radius 2 is 1.65 bits per heavy atom. The number of carbonyl (C=O) groups is 2. The molecule has 0 saturated carbocycles. The summed E-state index contributed by atoms with van der Waals surface area (Å²) in [6.45, 7) is 2.29. The van der Waals surface area contributed by atoms with Crippen molar-refractivity contribution in [3.8, 4) is 0 Å². The predicted molar refractivity (Wildman–Crippen MR) is 105 cm³/mol. The monoisotopic (exact) mass is 367 g/mol. The van der Waals surface area contributed by atoms with Gasteiger partial charge in [-0.2, -0.15) is 0 Å². The van der Waals surface area contributed by atoms with E-state index in [2.05, 4.69) is 0 Å². The second-order valence-electron chi connectivity index (χ2n) is 6.14. The molecule has 2 aromatic rings. The Morgan fingerprint density at radius 1 is 0.962 bits per heavy atom. The standard InChI is InChI=1S/C21H21NO3S/c1-15-7-9-17(10-8-15)18-19(26-14-13-23)21(25)22(20(18)24)12-11-16-5-3-2-4-6-16/h2-10,23H,11-14H2,1H3. The van der Waals surface area contributed by atoms with Crippen LogP contribution in [0, 0.1) is 6.92 Å². The van der Waals surface area contributed by atoms with Gasteiger partial charge < -0.3 is 5.11 Å². The highest BCUT2D eigenvalue weighted by Crippen LogP contribution is 2.36. The fourth-order valence-electron chi connectivity index (χ4n) is 2.90. The summed E-state index contributed by atoms with van der Waals surface area (Å²) in [5, 5.41) is 9.14. The van der Waals surface area contributed by atoms with E-state index in [1.54, 1.807) is 0 Å². The first-order valence-corrected chi connectivity index (χ1v) is 9.55. The quantitative estimate of drug-likeness (QED) is 0.764. The lowest BCUT2D eigenvalue weighted by molar-refractivity contribution is -0.136. The molecular weight excluding hydrogens is 346 g/mol. The minimum atomic E-state index is -0.264. The topological polar surface area (TPSA) is 57.6 Å². The molecule has 0 radical (unpaired) electrons. The van der Waals surface area contributed by atoms with Crippen LogP contribution >= 0.6 is 11.8 Å². The first kappa shape index (κ1) is 18.4. The molecule has 0 aliphatic carbocycles. The van der Waals surface area contributed by atoms with Crippen LogP contribution in [0.4, 0.5) is 0 Å². The number of hydrogen-bond acceptors (Lipinski definition) is 4. The summed E-state index contributed by atoms with van der Waals surface area (Å²) in [5.41, 5.74) is 3.37. The van der Waals surface area contributed by atoms with Gasteiger partial charge >= 0.3 is 0 Å². The smallest absolute Gasteiger partial charge is 0.267 e. The lowest BCUT2D eigenvalue weighted by Crippen LogP contribution is -2.33. The molecule has 5 heteroatoms. The third-order valence-electron chi connectivity index (χ3n) is 4.27. The summed E-state index contributed by atoms with van der Waals surface area (Å²) in [6, 6.07) is 17.4. The molecule has 2 aromatic carbocycles. The number of thioether (sulfide) groups is 1. The highest BCUT2D eigenvalue weighted by Gasteiger charge is 2.38. The Bertz CT molecular complexity index is 828. The number of carbonyl (C=O) groups excluding carboxylic acids is 2. The van der Waals surface area contributed by atoms with Gasteiger partial charge in [0.15, 0.2) is 0 Å². The zero-order valence-corrected chi connectivity index (χ0v) is 15.5. The molecular formula is C21H21NO3S.